The fourth-order valence-electron chi connectivity index (χ4n) is 3.71. The van der Waals surface area contributed by atoms with E-state index in [0.29, 0.717) is 36.9 Å². The number of anilines is 1. The molecule has 0 aromatic heterocycles. The Kier molecular flexibility index (Phi) is 8.70. The van der Waals surface area contributed by atoms with E-state index in [1.807, 2.05) is 0 Å². The molecule has 1 amide bonds. The number of hydrogen-bond acceptors (Lipinski definition) is 4. The van der Waals surface area contributed by atoms with Crippen LogP contribution in [0.25, 0.3) is 0 Å². The number of hydrogen-bond donors (Lipinski definition) is 1. The molecule has 1 N–H and O–H groups in total. The van der Waals surface area contributed by atoms with Crippen LogP contribution >= 0.6 is 0 Å². The number of amides is 1. The summed E-state index contributed by atoms with van der Waals surface area (Å²) in [5.41, 5.74) is 1.07. The highest BCUT2D eigenvalue weighted by molar-refractivity contribution is 7.89. The molecule has 32 heavy (non-hydrogen) atoms. The van der Waals surface area contributed by atoms with Gasteiger partial charge in [0.15, 0.2) is 0 Å². The van der Waals surface area contributed by atoms with Crippen LogP contribution < -0.4 is 10.1 Å². The molecule has 7 heteroatoms. The van der Waals surface area contributed by atoms with Gasteiger partial charge < -0.3 is 10.1 Å². The summed E-state index contributed by atoms with van der Waals surface area (Å²) in [7, 11) is -3.49. The molecule has 0 unspecified atom stereocenters. The Hall–Kier alpha value is -2.38. The van der Waals surface area contributed by atoms with Crippen molar-refractivity contribution in [3.05, 3.63) is 54.1 Å². The lowest BCUT2D eigenvalue weighted by molar-refractivity contribution is 0.102. The van der Waals surface area contributed by atoms with Gasteiger partial charge in [-0.25, -0.2) is 8.42 Å². The van der Waals surface area contributed by atoms with E-state index in [1.54, 1.807) is 52.8 Å². The largest absolute Gasteiger partial charge is 0.494 e. The zero-order chi connectivity index (χ0) is 23.0. The van der Waals surface area contributed by atoms with Gasteiger partial charge in [0.25, 0.3) is 5.91 Å². The number of nitrogens with zero attached hydrogens (tertiary/aromatic N) is 1. The first-order valence-corrected chi connectivity index (χ1v) is 13.0. The molecule has 1 heterocycles. The molecular weight excluding hydrogens is 424 g/mol. The summed E-state index contributed by atoms with van der Waals surface area (Å²) in [6.45, 7) is 6.12. The number of ether oxygens (including phenoxy) is 1. The number of benzene rings is 2. The normalized spacial score (nSPS) is 15.4. The van der Waals surface area contributed by atoms with Crippen LogP contribution in [0.2, 0.25) is 0 Å². The standard InChI is InChI=1S/C25H34N2O4S/c1-3-4-5-6-19-31-23-11-7-21(8-12-23)25(28)26-22-9-13-24(14-10-22)32(29,30)27-17-15-20(2)16-18-27/h7-14,20H,3-6,15-19H2,1-2H3,(H,26,28). The van der Waals surface area contributed by atoms with Crippen molar-refractivity contribution in [3.8, 4) is 5.75 Å². The summed E-state index contributed by atoms with van der Waals surface area (Å²) in [6.07, 6.45) is 6.37. The average molecular weight is 459 g/mol. The SMILES string of the molecule is CCCCCCOc1ccc(C(=O)Nc2ccc(S(=O)(=O)N3CCC(C)CC3)cc2)cc1. The van der Waals surface area contributed by atoms with Gasteiger partial charge in [0.1, 0.15) is 5.75 Å². The minimum Gasteiger partial charge on any atom is -0.494 e. The van der Waals surface area contributed by atoms with Gasteiger partial charge in [0, 0.05) is 24.3 Å². The van der Waals surface area contributed by atoms with Gasteiger partial charge in [-0.2, -0.15) is 4.31 Å². The molecule has 0 bridgehead atoms. The minimum atomic E-state index is -3.49. The van der Waals surface area contributed by atoms with E-state index in [2.05, 4.69) is 19.2 Å². The summed E-state index contributed by atoms with van der Waals surface area (Å²) in [6, 6.07) is 13.4. The van der Waals surface area contributed by atoms with Crippen LogP contribution in [0.4, 0.5) is 5.69 Å². The van der Waals surface area contributed by atoms with Crippen LogP contribution in [-0.4, -0.2) is 38.3 Å². The Balaban J connectivity index is 1.54. The molecule has 2 aromatic carbocycles. The fourth-order valence-corrected chi connectivity index (χ4v) is 5.18. The molecule has 1 aliphatic rings. The zero-order valence-corrected chi connectivity index (χ0v) is 19.9. The molecule has 0 atom stereocenters. The second-order valence-corrected chi connectivity index (χ2v) is 10.4. The van der Waals surface area contributed by atoms with E-state index in [1.165, 1.54) is 12.8 Å². The van der Waals surface area contributed by atoms with Gasteiger partial charge in [-0.3, -0.25) is 4.79 Å². The first kappa shape index (κ1) is 24.3. The van der Waals surface area contributed by atoms with Crippen LogP contribution in [0.1, 0.15) is 62.7 Å². The predicted octanol–water partition coefficient (Wildman–Crippen LogP) is 5.32. The van der Waals surface area contributed by atoms with E-state index in [9.17, 15) is 13.2 Å². The maximum absolute atomic E-state index is 12.8. The first-order chi connectivity index (χ1) is 15.4. The van der Waals surface area contributed by atoms with Crippen molar-refractivity contribution in [2.24, 2.45) is 5.92 Å². The van der Waals surface area contributed by atoms with Gasteiger partial charge in [-0.15, -0.1) is 0 Å². The van der Waals surface area contributed by atoms with E-state index in [4.69, 9.17) is 4.74 Å². The zero-order valence-electron chi connectivity index (χ0n) is 19.0. The fraction of sp³-hybridized carbons (Fsp3) is 0.480. The molecule has 0 spiro atoms. The number of sulfonamides is 1. The number of carbonyl (C=O) groups excluding carboxylic acids is 1. The molecule has 6 nitrogen and oxygen atoms in total. The summed E-state index contributed by atoms with van der Waals surface area (Å²) >= 11 is 0. The van der Waals surface area contributed by atoms with Crippen molar-refractivity contribution < 1.29 is 17.9 Å². The molecule has 1 aliphatic heterocycles. The first-order valence-electron chi connectivity index (χ1n) is 11.5. The Morgan fingerprint density at radius 1 is 1.00 bits per heavy atom. The number of piperidine rings is 1. The lowest BCUT2D eigenvalue weighted by atomic mass is 10.0. The number of carbonyl (C=O) groups is 1. The van der Waals surface area contributed by atoms with Crippen molar-refractivity contribution in [2.45, 2.75) is 57.3 Å². The highest BCUT2D eigenvalue weighted by atomic mass is 32.2. The molecular formula is C25H34N2O4S. The highest BCUT2D eigenvalue weighted by Crippen LogP contribution is 2.24. The molecule has 2 aromatic rings. The Morgan fingerprint density at radius 2 is 1.66 bits per heavy atom. The molecule has 0 saturated carbocycles. The molecule has 0 radical (unpaired) electrons. The Morgan fingerprint density at radius 3 is 2.28 bits per heavy atom. The number of nitrogens with one attached hydrogen (secondary N) is 1. The predicted molar refractivity (Wildman–Crippen MR) is 128 cm³/mol. The smallest absolute Gasteiger partial charge is 0.255 e. The molecule has 0 aliphatic carbocycles. The highest BCUT2D eigenvalue weighted by Gasteiger charge is 2.27. The monoisotopic (exact) mass is 458 g/mol. The van der Waals surface area contributed by atoms with Crippen LogP contribution in [0.5, 0.6) is 5.75 Å². The molecule has 1 saturated heterocycles. The van der Waals surface area contributed by atoms with Crippen LogP contribution in [0.15, 0.2) is 53.4 Å². The molecule has 3 rings (SSSR count). The summed E-state index contributed by atoms with van der Waals surface area (Å²) in [5.74, 6) is 1.06. The number of rotatable bonds is 10. The maximum Gasteiger partial charge on any atom is 0.255 e. The van der Waals surface area contributed by atoms with Crippen LogP contribution in [0.3, 0.4) is 0 Å². The third kappa shape index (κ3) is 6.56. The van der Waals surface area contributed by atoms with Gasteiger partial charge in [0.2, 0.25) is 10.0 Å². The topological polar surface area (TPSA) is 75.7 Å². The van der Waals surface area contributed by atoms with E-state index in [-0.39, 0.29) is 10.8 Å². The van der Waals surface area contributed by atoms with Crippen molar-refractivity contribution in [1.82, 2.24) is 4.31 Å². The summed E-state index contributed by atoms with van der Waals surface area (Å²) in [5, 5.41) is 2.82. The van der Waals surface area contributed by atoms with E-state index in [0.717, 1.165) is 31.4 Å². The lowest BCUT2D eigenvalue weighted by Gasteiger charge is -2.29. The van der Waals surface area contributed by atoms with Crippen molar-refractivity contribution in [3.63, 3.8) is 0 Å². The summed E-state index contributed by atoms with van der Waals surface area (Å²) < 4.78 is 32.9. The van der Waals surface area contributed by atoms with Crippen LogP contribution in [0, 0.1) is 5.92 Å². The lowest BCUT2D eigenvalue weighted by Crippen LogP contribution is -2.37. The van der Waals surface area contributed by atoms with Gasteiger partial charge >= 0.3 is 0 Å². The van der Waals surface area contributed by atoms with Crippen LogP contribution in [-0.2, 0) is 10.0 Å². The Bertz CT molecular complexity index is 964. The van der Waals surface area contributed by atoms with Crippen molar-refractivity contribution in [1.29, 1.82) is 0 Å². The quantitative estimate of drug-likeness (QED) is 0.489. The van der Waals surface area contributed by atoms with Gasteiger partial charge in [-0.05, 0) is 73.7 Å². The van der Waals surface area contributed by atoms with E-state index < -0.39 is 10.0 Å². The second kappa shape index (κ2) is 11.5. The van der Waals surface area contributed by atoms with E-state index >= 15 is 0 Å². The number of unbranched alkanes of at least 4 members (excludes halogenated alkanes) is 3. The average Bonchev–Trinajstić information content (AvgIpc) is 2.80. The minimum absolute atomic E-state index is 0.250. The second-order valence-electron chi connectivity index (χ2n) is 8.50. The third-order valence-electron chi connectivity index (χ3n) is 5.88. The summed E-state index contributed by atoms with van der Waals surface area (Å²) in [4.78, 5) is 12.8. The maximum atomic E-state index is 12.8. The molecule has 1 fully saturated rings. The van der Waals surface area contributed by atoms with Crippen molar-refractivity contribution in [2.75, 3.05) is 25.0 Å². The van der Waals surface area contributed by atoms with Gasteiger partial charge in [-0.1, -0.05) is 33.1 Å². The molecule has 174 valence electrons. The Labute approximate surface area is 192 Å². The van der Waals surface area contributed by atoms with Crippen molar-refractivity contribution >= 4 is 21.6 Å². The van der Waals surface area contributed by atoms with Gasteiger partial charge in [0.05, 0.1) is 11.5 Å². The third-order valence-corrected chi connectivity index (χ3v) is 7.79.